The van der Waals surface area contributed by atoms with Crippen LogP contribution in [0.3, 0.4) is 0 Å². The van der Waals surface area contributed by atoms with Crippen molar-refractivity contribution in [3.05, 3.63) is 30.1 Å². The second-order valence-electron chi connectivity index (χ2n) is 7.48. The minimum atomic E-state index is 0.0189. The van der Waals surface area contributed by atoms with Gasteiger partial charge in [-0.2, -0.15) is 0 Å². The minimum Gasteiger partial charge on any atom is -0.329 e. The predicted molar refractivity (Wildman–Crippen MR) is 88.5 cm³/mol. The van der Waals surface area contributed by atoms with Crippen molar-refractivity contribution in [3.63, 3.8) is 0 Å². The van der Waals surface area contributed by atoms with E-state index in [1.807, 2.05) is 0 Å². The molecule has 114 valence electrons. The Kier molecular flexibility index (Phi) is 3.56. The maximum Gasteiger partial charge on any atom is 0.117 e. The van der Waals surface area contributed by atoms with Crippen LogP contribution in [0.15, 0.2) is 24.3 Å². The Labute approximate surface area is 127 Å². The van der Waals surface area contributed by atoms with Crippen LogP contribution in [0.25, 0.3) is 11.0 Å². The topological polar surface area (TPSA) is 43.8 Å². The van der Waals surface area contributed by atoms with Crippen molar-refractivity contribution < 1.29 is 0 Å². The van der Waals surface area contributed by atoms with Gasteiger partial charge in [0, 0.05) is 17.5 Å². The molecule has 1 aromatic heterocycles. The van der Waals surface area contributed by atoms with Crippen molar-refractivity contribution in [2.24, 2.45) is 5.73 Å². The first kappa shape index (κ1) is 14.6. The summed E-state index contributed by atoms with van der Waals surface area (Å²) in [7, 11) is 0. The average molecular weight is 285 g/mol. The third-order valence-electron chi connectivity index (χ3n) is 4.91. The molecule has 1 fully saturated rings. The molecule has 1 heterocycles. The standard InChI is InChI=1S/C18H27N3/c1-17(2,3)21-15-10-6-5-9-14(15)20-16(21)18(13-19)11-7-4-8-12-18/h5-6,9-10H,4,7-8,11-13,19H2,1-3H3. The first-order chi connectivity index (χ1) is 9.98. The molecule has 0 amide bonds. The first-order valence-electron chi connectivity index (χ1n) is 8.16. The monoisotopic (exact) mass is 285 g/mol. The summed E-state index contributed by atoms with van der Waals surface area (Å²) in [5, 5.41) is 0. The number of para-hydroxylation sites is 2. The second kappa shape index (κ2) is 5.13. The second-order valence-corrected chi connectivity index (χ2v) is 7.48. The largest absolute Gasteiger partial charge is 0.329 e. The lowest BCUT2D eigenvalue weighted by Crippen LogP contribution is -2.42. The van der Waals surface area contributed by atoms with Gasteiger partial charge in [0.15, 0.2) is 0 Å². The maximum atomic E-state index is 6.25. The smallest absolute Gasteiger partial charge is 0.117 e. The van der Waals surface area contributed by atoms with E-state index in [0.717, 1.165) is 5.52 Å². The summed E-state index contributed by atoms with van der Waals surface area (Å²) in [5.41, 5.74) is 8.66. The third kappa shape index (κ3) is 2.38. The molecule has 2 N–H and O–H groups in total. The zero-order chi connectivity index (χ0) is 15.1. The first-order valence-corrected chi connectivity index (χ1v) is 8.16. The lowest BCUT2D eigenvalue weighted by molar-refractivity contribution is 0.258. The van der Waals surface area contributed by atoms with E-state index in [-0.39, 0.29) is 11.0 Å². The maximum absolute atomic E-state index is 6.25. The van der Waals surface area contributed by atoms with Crippen LogP contribution in [-0.2, 0) is 11.0 Å². The lowest BCUT2D eigenvalue weighted by Gasteiger charge is -2.38. The van der Waals surface area contributed by atoms with E-state index >= 15 is 0 Å². The summed E-state index contributed by atoms with van der Waals surface area (Å²) >= 11 is 0. The molecule has 3 nitrogen and oxygen atoms in total. The molecule has 1 aliphatic carbocycles. The van der Waals surface area contributed by atoms with Gasteiger partial charge in [-0.3, -0.25) is 0 Å². The van der Waals surface area contributed by atoms with Gasteiger partial charge in [-0.15, -0.1) is 0 Å². The average Bonchev–Trinajstić information content (AvgIpc) is 2.88. The van der Waals surface area contributed by atoms with Crippen LogP contribution in [0.1, 0.15) is 58.7 Å². The number of imidazole rings is 1. The Morgan fingerprint density at radius 2 is 1.81 bits per heavy atom. The quantitative estimate of drug-likeness (QED) is 0.908. The molecule has 21 heavy (non-hydrogen) atoms. The lowest BCUT2D eigenvalue weighted by atomic mass is 9.73. The van der Waals surface area contributed by atoms with Crippen molar-refractivity contribution in [2.45, 2.75) is 63.8 Å². The van der Waals surface area contributed by atoms with Crippen LogP contribution in [0.4, 0.5) is 0 Å². The van der Waals surface area contributed by atoms with Crippen LogP contribution in [0.5, 0.6) is 0 Å². The van der Waals surface area contributed by atoms with Crippen LogP contribution >= 0.6 is 0 Å². The summed E-state index contributed by atoms with van der Waals surface area (Å²) in [5.74, 6) is 1.21. The summed E-state index contributed by atoms with van der Waals surface area (Å²) in [6, 6.07) is 8.48. The van der Waals surface area contributed by atoms with Crippen molar-refractivity contribution in [1.29, 1.82) is 0 Å². The van der Waals surface area contributed by atoms with Gasteiger partial charge in [-0.05, 0) is 45.7 Å². The number of rotatable bonds is 2. The molecule has 3 rings (SSSR count). The number of hydrogen-bond donors (Lipinski definition) is 1. The van der Waals surface area contributed by atoms with E-state index in [9.17, 15) is 0 Å². The third-order valence-corrected chi connectivity index (χ3v) is 4.91. The molecule has 0 saturated heterocycles. The molecule has 3 heteroatoms. The molecule has 0 atom stereocenters. The number of fused-ring (bicyclic) bond motifs is 1. The Hall–Kier alpha value is -1.35. The highest BCUT2D eigenvalue weighted by molar-refractivity contribution is 5.76. The molecular formula is C18H27N3. The van der Waals surface area contributed by atoms with E-state index in [1.54, 1.807) is 0 Å². The van der Waals surface area contributed by atoms with E-state index < -0.39 is 0 Å². The molecule has 0 spiro atoms. The van der Waals surface area contributed by atoms with Crippen LogP contribution in [0, 0.1) is 0 Å². The molecule has 0 bridgehead atoms. The van der Waals surface area contributed by atoms with E-state index in [1.165, 1.54) is 43.4 Å². The Bertz CT molecular complexity index is 627. The number of nitrogens with two attached hydrogens (primary N) is 1. The number of benzene rings is 1. The van der Waals surface area contributed by atoms with Crippen molar-refractivity contribution in [2.75, 3.05) is 6.54 Å². The van der Waals surface area contributed by atoms with Crippen LogP contribution in [0.2, 0.25) is 0 Å². The molecule has 2 aromatic rings. The van der Waals surface area contributed by atoms with Crippen LogP contribution < -0.4 is 5.73 Å². The van der Waals surface area contributed by atoms with Crippen molar-refractivity contribution in [1.82, 2.24) is 9.55 Å². The SMILES string of the molecule is CC(C)(C)n1c(C2(CN)CCCCC2)nc2ccccc21. The summed E-state index contributed by atoms with van der Waals surface area (Å²) in [6.45, 7) is 7.49. The zero-order valence-corrected chi connectivity index (χ0v) is 13.5. The van der Waals surface area contributed by atoms with E-state index in [4.69, 9.17) is 10.7 Å². The minimum absolute atomic E-state index is 0.0189. The van der Waals surface area contributed by atoms with Gasteiger partial charge < -0.3 is 10.3 Å². The number of nitrogens with zero attached hydrogens (tertiary/aromatic N) is 2. The Morgan fingerprint density at radius 3 is 2.43 bits per heavy atom. The Balaban J connectivity index is 2.26. The highest BCUT2D eigenvalue weighted by atomic mass is 15.1. The molecule has 1 aliphatic rings. The number of aromatic nitrogens is 2. The molecule has 0 radical (unpaired) electrons. The van der Waals surface area contributed by atoms with Gasteiger partial charge >= 0.3 is 0 Å². The molecular weight excluding hydrogens is 258 g/mol. The fourth-order valence-electron chi connectivity index (χ4n) is 3.81. The highest BCUT2D eigenvalue weighted by Crippen LogP contribution is 2.41. The van der Waals surface area contributed by atoms with Crippen LogP contribution in [-0.4, -0.2) is 16.1 Å². The molecule has 0 unspecified atom stereocenters. The zero-order valence-electron chi connectivity index (χ0n) is 13.5. The molecule has 1 aromatic carbocycles. The Morgan fingerprint density at radius 1 is 1.14 bits per heavy atom. The van der Waals surface area contributed by atoms with E-state index in [2.05, 4.69) is 49.6 Å². The fourth-order valence-corrected chi connectivity index (χ4v) is 3.81. The summed E-state index contributed by atoms with van der Waals surface area (Å²) < 4.78 is 2.43. The highest BCUT2D eigenvalue weighted by Gasteiger charge is 2.39. The van der Waals surface area contributed by atoms with Gasteiger partial charge in [-0.25, -0.2) is 4.98 Å². The predicted octanol–water partition coefficient (Wildman–Crippen LogP) is 3.95. The normalized spacial score (nSPS) is 19.0. The van der Waals surface area contributed by atoms with Crippen molar-refractivity contribution in [3.8, 4) is 0 Å². The van der Waals surface area contributed by atoms with Gasteiger partial charge in [0.25, 0.3) is 0 Å². The van der Waals surface area contributed by atoms with Gasteiger partial charge in [0.05, 0.1) is 11.0 Å². The fraction of sp³-hybridized carbons (Fsp3) is 0.611. The summed E-state index contributed by atoms with van der Waals surface area (Å²) in [6.07, 6.45) is 6.21. The molecule has 1 saturated carbocycles. The molecule has 0 aliphatic heterocycles. The van der Waals surface area contributed by atoms with E-state index in [0.29, 0.717) is 6.54 Å². The van der Waals surface area contributed by atoms with Gasteiger partial charge in [0.1, 0.15) is 5.82 Å². The van der Waals surface area contributed by atoms with Gasteiger partial charge in [0.2, 0.25) is 0 Å². The number of hydrogen-bond acceptors (Lipinski definition) is 2. The summed E-state index contributed by atoms with van der Waals surface area (Å²) in [4.78, 5) is 5.03. The van der Waals surface area contributed by atoms with Crippen molar-refractivity contribution >= 4 is 11.0 Å². The van der Waals surface area contributed by atoms with Gasteiger partial charge in [-0.1, -0.05) is 31.4 Å².